The largest absolute Gasteiger partial charge is 0.439 e. The molecule has 2 N–H and O–H groups in total. The lowest BCUT2D eigenvalue weighted by Crippen LogP contribution is -1.99. The highest BCUT2D eigenvalue weighted by Gasteiger charge is 2.11. The lowest BCUT2D eigenvalue weighted by atomic mass is 9.99. The lowest BCUT2D eigenvalue weighted by Gasteiger charge is -2.15. The normalized spacial score (nSPS) is 10.7. The van der Waals surface area contributed by atoms with E-state index >= 15 is 0 Å². The lowest BCUT2D eigenvalue weighted by molar-refractivity contribution is 0.453. The Morgan fingerprint density at radius 3 is 2.67 bits per heavy atom. The number of hydrogen-bond acceptors (Lipinski definition) is 4. The third-order valence-corrected chi connectivity index (χ3v) is 2.79. The fourth-order valence-electron chi connectivity index (χ4n) is 1.71. The molecule has 0 unspecified atom stereocenters. The molecule has 0 aliphatic rings. The van der Waals surface area contributed by atoms with Gasteiger partial charge in [0.1, 0.15) is 12.1 Å². The smallest absolute Gasteiger partial charge is 0.222 e. The molecule has 4 heteroatoms. The van der Waals surface area contributed by atoms with Gasteiger partial charge in [-0.25, -0.2) is 9.97 Å². The SMILES string of the molecule is Cc1cc(Oc2ccncn2)c(C(C)C)cc1N. The van der Waals surface area contributed by atoms with Crippen molar-refractivity contribution >= 4 is 5.69 Å². The van der Waals surface area contributed by atoms with Crippen LogP contribution in [0.15, 0.2) is 30.7 Å². The Kier molecular flexibility index (Phi) is 3.46. The van der Waals surface area contributed by atoms with E-state index in [1.165, 1.54) is 6.33 Å². The number of ether oxygens (including phenoxy) is 1. The maximum Gasteiger partial charge on any atom is 0.222 e. The zero-order valence-corrected chi connectivity index (χ0v) is 10.8. The molecule has 1 aromatic heterocycles. The zero-order valence-electron chi connectivity index (χ0n) is 10.8. The van der Waals surface area contributed by atoms with Crippen LogP contribution in [0.3, 0.4) is 0 Å². The number of anilines is 1. The second-order valence-corrected chi connectivity index (χ2v) is 4.55. The van der Waals surface area contributed by atoms with Crippen molar-refractivity contribution in [3.8, 4) is 11.6 Å². The number of rotatable bonds is 3. The number of nitrogen functional groups attached to an aromatic ring is 1. The summed E-state index contributed by atoms with van der Waals surface area (Å²) in [4.78, 5) is 7.93. The van der Waals surface area contributed by atoms with Crippen LogP contribution in [0.25, 0.3) is 0 Å². The van der Waals surface area contributed by atoms with E-state index in [2.05, 4.69) is 23.8 Å². The number of benzene rings is 1. The molecule has 1 aromatic carbocycles. The van der Waals surface area contributed by atoms with Gasteiger partial charge in [-0.3, -0.25) is 0 Å². The third-order valence-electron chi connectivity index (χ3n) is 2.79. The second-order valence-electron chi connectivity index (χ2n) is 4.55. The summed E-state index contributed by atoms with van der Waals surface area (Å²) in [6.45, 7) is 6.18. The van der Waals surface area contributed by atoms with Gasteiger partial charge in [-0.05, 0) is 36.1 Å². The standard InChI is InChI=1S/C14H17N3O/c1-9(2)11-7-12(15)10(3)6-13(11)18-14-4-5-16-8-17-14/h4-9H,15H2,1-3H3. The van der Waals surface area contributed by atoms with Crippen LogP contribution in [-0.4, -0.2) is 9.97 Å². The van der Waals surface area contributed by atoms with Crippen molar-refractivity contribution in [1.82, 2.24) is 9.97 Å². The van der Waals surface area contributed by atoms with Gasteiger partial charge in [0, 0.05) is 18.0 Å². The molecule has 18 heavy (non-hydrogen) atoms. The molecule has 0 saturated heterocycles. The highest BCUT2D eigenvalue weighted by Crippen LogP contribution is 2.33. The maximum absolute atomic E-state index is 5.94. The first-order valence-corrected chi connectivity index (χ1v) is 5.92. The van der Waals surface area contributed by atoms with E-state index in [4.69, 9.17) is 10.5 Å². The van der Waals surface area contributed by atoms with Crippen LogP contribution in [0.1, 0.15) is 30.9 Å². The molecular weight excluding hydrogens is 226 g/mol. The van der Waals surface area contributed by atoms with E-state index < -0.39 is 0 Å². The Bertz CT molecular complexity index is 538. The minimum atomic E-state index is 0.338. The molecule has 0 fully saturated rings. The molecule has 0 aliphatic heterocycles. The van der Waals surface area contributed by atoms with Crippen molar-refractivity contribution in [1.29, 1.82) is 0 Å². The Balaban J connectivity index is 2.40. The topological polar surface area (TPSA) is 61.0 Å². The van der Waals surface area contributed by atoms with Gasteiger partial charge >= 0.3 is 0 Å². The van der Waals surface area contributed by atoms with Crippen LogP contribution in [0, 0.1) is 6.92 Å². The van der Waals surface area contributed by atoms with Crippen molar-refractivity contribution in [2.75, 3.05) is 5.73 Å². The monoisotopic (exact) mass is 243 g/mol. The van der Waals surface area contributed by atoms with E-state index in [9.17, 15) is 0 Å². The van der Waals surface area contributed by atoms with Gasteiger partial charge in [0.15, 0.2) is 0 Å². The average Bonchev–Trinajstić information content (AvgIpc) is 2.34. The molecule has 0 atom stereocenters. The van der Waals surface area contributed by atoms with Gasteiger partial charge in [-0.15, -0.1) is 0 Å². The second kappa shape index (κ2) is 5.04. The van der Waals surface area contributed by atoms with Crippen LogP contribution in [0.5, 0.6) is 11.6 Å². The molecule has 0 saturated carbocycles. The minimum Gasteiger partial charge on any atom is -0.439 e. The first kappa shape index (κ1) is 12.4. The maximum atomic E-state index is 5.94. The average molecular weight is 243 g/mol. The molecule has 4 nitrogen and oxygen atoms in total. The Morgan fingerprint density at radius 2 is 2.06 bits per heavy atom. The van der Waals surface area contributed by atoms with Gasteiger partial charge in [0.05, 0.1) is 0 Å². The summed E-state index contributed by atoms with van der Waals surface area (Å²) in [6, 6.07) is 5.65. The van der Waals surface area contributed by atoms with E-state index in [0.29, 0.717) is 11.8 Å². The predicted molar refractivity (Wildman–Crippen MR) is 71.8 cm³/mol. The fraction of sp³-hybridized carbons (Fsp3) is 0.286. The van der Waals surface area contributed by atoms with Gasteiger partial charge in [-0.2, -0.15) is 0 Å². The molecule has 0 radical (unpaired) electrons. The summed E-state index contributed by atoms with van der Waals surface area (Å²) in [5.41, 5.74) is 8.81. The summed E-state index contributed by atoms with van der Waals surface area (Å²) >= 11 is 0. The van der Waals surface area contributed by atoms with Crippen molar-refractivity contribution in [3.05, 3.63) is 41.9 Å². The summed E-state index contributed by atoms with van der Waals surface area (Å²) in [5, 5.41) is 0. The number of hydrogen-bond donors (Lipinski definition) is 1. The molecule has 0 spiro atoms. The van der Waals surface area contributed by atoms with E-state index in [1.54, 1.807) is 12.3 Å². The Labute approximate surface area is 107 Å². The molecule has 0 bridgehead atoms. The van der Waals surface area contributed by atoms with Crippen LogP contribution >= 0.6 is 0 Å². The Hall–Kier alpha value is -2.10. The molecule has 1 heterocycles. The number of nitrogens with zero attached hydrogens (tertiary/aromatic N) is 2. The van der Waals surface area contributed by atoms with E-state index in [1.807, 2.05) is 19.1 Å². The van der Waals surface area contributed by atoms with Crippen molar-refractivity contribution in [2.45, 2.75) is 26.7 Å². The summed E-state index contributed by atoms with van der Waals surface area (Å²) in [5.74, 6) is 1.68. The fourth-order valence-corrected chi connectivity index (χ4v) is 1.71. The van der Waals surface area contributed by atoms with Gasteiger partial charge in [0.2, 0.25) is 5.88 Å². The highest BCUT2D eigenvalue weighted by molar-refractivity contribution is 5.55. The summed E-state index contributed by atoms with van der Waals surface area (Å²) < 4.78 is 5.80. The van der Waals surface area contributed by atoms with Gasteiger partial charge in [-0.1, -0.05) is 13.8 Å². The quantitative estimate of drug-likeness (QED) is 0.840. The molecule has 2 aromatic rings. The van der Waals surface area contributed by atoms with Crippen molar-refractivity contribution in [3.63, 3.8) is 0 Å². The van der Waals surface area contributed by atoms with Crippen molar-refractivity contribution in [2.24, 2.45) is 0 Å². The highest BCUT2D eigenvalue weighted by atomic mass is 16.5. The van der Waals surface area contributed by atoms with Crippen LogP contribution < -0.4 is 10.5 Å². The zero-order chi connectivity index (χ0) is 13.1. The van der Waals surface area contributed by atoms with Gasteiger partial charge < -0.3 is 10.5 Å². The first-order valence-electron chi connectivity index (χ1n) is 5.92. The van der Waals surface area contributed by atoms with Crippen molar-refractivity contribution < 1.29 is 4.74 Å². The first-order chi connectivity index (χ1) is 8.58. The number of aromatic nitrogens is 2. The van der Waals surface area contributed by atoms with E-state index in [0.717, 1.165) is 22.6 Å². The third kappa shape index (κ3) is 2.59. The summed E-state index contributed by atoms with van der Waals surface area (Å²) in [7, 11) is 0. The molecule has 0 aliphatic carbocycles. The minimum absolute atomic E-state index is 0.338. The summed E-state index contributed by atoms with van der Waals surface area (Å²) in [6.07, 6.45) is 3.12. The van der Waals surface area contributed by atoms with Crippen LogP contribution in [0.2, 0.25) is 0 Å². The molecular formula is C14H17N3O. The number of aryl methyl sites for hydroxylation is 1. The van der Waals surface area contributed by atoms with Crippen LogP contribution in [-0.2, 0) is 0 Å². The van der Waals surface area contributed by atoms with Crippen LogP contribution in [0.4, 0.5) is 5.69 Å². The molecule has 0 amide bonds. The van der Waals surface area contributed by atoms with Gasteiger partial charge in [0.25, 0.3) is 0 Å². The number of nitrogens with two attached hydrogens (primary N) is 1. The molecule has 94 valence electrons. The Morgan fingerprint density at radius 1 is 1.28 bits per heavy atom. The predicted octanol–water partition coefficient (Wildman–Crippen LogP) is 3.28. The van der Waals surface area contributed by atoms with E-state index in [-0.39, 0.29) is 0 Å². The molecule has 2 rings (SSSR count).